The quantitative estimate of drug-likeness (QED) is 0.354. The smallest absolute Gasteiger partial charge is 0.346 e. The van der Waals surface area contributed by atoms with Gasteiger partial charge in [0, 0.05) is 34.6 Å². The number of thiophene rings is 1. The second kappa shape index (κ2) is 10.9. The third-order valence-electron chi connectivity index (χ3n) is 7.76. The largest absolute Gasteiger partial charge is 0.477 e. The molecule has 37 heavy (non-hydrogen) atoms. The summed E-state index contributed by atoms with van der Waals surface area (Å²) >= 11 is 2.73. The van der Waals surface area contributed by atoms with Gasteiger partial charge in [0.15, 0.2) is 0 Å². The average molecular weight is 536 g/mol. The number of aromatic nitrogens is 1. The predicted octanol–water partition coefficient (Wildman–Crippen LogP) is 7.05. The van der Waals surface area contributed by atoms with E-state index >= 15 is 0 Å². The molecular formula is C29H33N3O3S2. The highest BCUT2D eigenvalue weighted by Crippen LogP contribution is 2.43. The molecule has 1 aliphatic carbocycles. The summed E-state index contributed by atoms with van der Waals surface area (Å²) in [6, 6.07) is 7.94. The molecule has 0 bridgehead atoms. The molecule has 2 N–H and O–H groups in total. The van der Waals surface area contributed by atoms with E-state index in [0.717, 1.165) is 52.7 Å². The number of carboxylic acid groups (broad SMARTS) is 1. The monoisotopic (exact) mass is 535 g/mol. The van der Waals surface area contributed by atoms with Crippen LogP contribution in [0.2, 0.25) is 0 Å². The molecule has 6 nitrogen and oxygen atoms in total. The molecule has 194 valence electrons. The Labute approximate surface area is 226 Å². The van der Waals surface area contributed by atoms with E-state index in [4.69, 9.17) is 0 Å². The Morgan fingerprint density at radius 1 is 1.16 bits per heavy atom. The molecule has 1 aliphatic heterocycles. The number of carbonyl (C=O) groups is 2. The van der Waals surface area contributed by atoms with E-state index in [1.165, 1.54) is 59.5 Å². The van der Waals surface area contributed by atoms with Crippen molar-refractivity contribution in [2.45, 2.75) is 46.0 Å². The first kappa shape index (κ1) is 25.8. The van der Waals surface area contributed by atoms with Crippen LogP contribution in [-0.2, 0) is 0 Å². The van der Waals surface area contributed by atoms with Gasteiger partial charge in [-0.05, 0) is 80.0 Å². The van der Waals surface area contributed by atoms with Crippen LogP contribution < -0.4 is 5.32 Å². The molecular weight excluding hydrogens is 502 g/mol. The summed E-state index contributed by atoms with van der Waals surface area (Å²) in [5, 5.41) is 14.8. The standard InChI is InChI=1S/C29H33N3O3S2/c1-17-4-6-19(7-5-17)21-10-11-32(3)14-23(21)22-13-26(37-27(22)29(34)35)20-8-9-24(18(2)12-20)31-28(33)25-15-36-16-30-25/h8-9,12-13,15-17,19H,4-7,10-11,14H2,1-3H3,(H,31,33)(H,34,35). The van der Waals surface area contributed by atoms with Gasteiger partial charge in [-0.3, -0.25) is 4.79 Å². The summed E-state index contributed by atoms with van der Waals surface area (Å²) < 4.78 is 0. The van der Waals surface area contributed by atoms with Gasteiger partial charge in [0.1, 0.15) is 10.6 Å². The lowest BCUT2D eigenvalue weighted by molar-refractivity contribution is 0.0701. The molecule has 0 unspecified atom stereocenters. The number of hydrogen-bond acceptors (Lipinski definition) is 6. The van der Waals surface area contributed by atoms with Crippen LogP contribution >= 0.6 is 22.7 Å². The Bertz CT molecular complexity index is 1330. The van der Waals surface area contributed by atoms with E-state index in [2.05, 4.69) is 35.2 Å². The second-order valence-corrected chi connectivity index (χ2v) is 12.2. The molecule has 3 heterocycles. The Balaban J connectivity index is 1.48. The normalized spacial score (nSPS) is 20.7. The number of thiazole rings is 1. The Morgan fingerprint density at radius 3 is 2.62 bits per heavy atom. The number of amides is 1. The Morgan fingerprint density at radius 2 is 1.95 bits per heavy atom. The molecule has 0 radical (unpaired) electrons. The number of carboxylic acids is 1. The topological polar surface area (TPSA) is 82.5 Å². The molecule has 5 rings (SSSR count). The number of aryl methyl sites for hydroxylation is 1. The number of aromatic carboxylic acids is 1. The number of rotatable bonds is 6. The van der Waals surface area contributed by atoms with Crippen molar-refractivity contribution in [2.75, 3.05) is 25.5 Å². The fourth-order valence-electron chi connectivity index (χ4n) is 5.61. The zero-order chi connectivity index (χ0) is 26.1. The van der Waals surface area contributed by atoms with Crippen LogP contribution in [0.4, 0.5) is 5.69 Å². The first-order valence-corrected chi connectivity index (χ1v) is 14.6. The summed E-state index contributed by atoms with van der Waals surface area (Å²) in [6.45, 7) is 6.11. The Hall–Kier alpha value is -2.81. The predicted molar refractivity (Wildman–Crippen MR) is 152 cm³/mol. The van der Waals surface area contributed by atoms with Crippen LogP contribution in [0, 0.1) is 18.8 Å². The van der Waals surface area contributed by atoms with E-state index in [9.17, 15) is 14.7 Å². The molecule has 1 saturated carbocycles. The number of likely N-dealkylation sites (N-methyl/N-ethyl adjacent to an activating group) is 1. The van der Waals surface area contributed by atoms with Gasteiger partial charge in [0.2, 0.25) is 0 Å². The van der Waals surface area contributed by atoms with E-state index in [1.54, 1.807) is 10.9 Å². The summed E-state index contributed by atoms with van der Waals surface area (Å²) in [7, 11) is 2.12. The molecule has 8 heteroatoms. The third kappa shape index (κ3) is 5.56. The summed E-state index contributed by atoms with van der Waals surface area (Å²) in [4.78, 5) is 32.6. The maximum absolute atomic E-state index is 12.4. The lowest BCUT2D eigenvalue weighted by Gasteiger charge is -2.35. The van der Waals surface area contributed by atoms with Crippen LogP contribution in [0.1, 0.15) is 70.3 Å². The highest BCUT2D eigenvalue weighted by molar-refractivity contribution is 7.17. The SMILES string of the molecule is Cc1cc(-c2cc(C3=C(C4CCC(C)CC4)CCN(C)C3)c(C(=O)O)s2)ccc1NC(=O)c1cscn1. The molecule has 0 saturated heterocycles. The highest BCUT2D eigenvalue weighted by atomic mass is 32.1. The van der Waals surface area contributed by atoms with Crippen LogP contribution in [0.3, 0.4) is 0 Å². The second-order valence-electron chi connectivity index (χ2n) is 10.5. The number of nitrogens with one attached hydrogen (secondary N) is 1. The van der Waals surface area contributed by atoms with Gasteiger partial charge >= 0.3 is 5.97 Å². The van der Waals surface area contributed by atoms with E-state index in [-0.39, 0.29) is 5.91 Å². The number of benzene rings is 1. The zero-order valence-electron chi connectivity index (χ0n) is 21.5. The molecule has 1 amide bonds. The maximum atomic E-state index is 12.4. The van der Waals surface area contributed by atoms with Crippen LogP contribution in [-0.4, -0.2) is 47.0 Å². The van der Waals surface area contributed by atoms with Crippen molar-refractivity contribution in [1.29, 1.82) is 0 Å². The minimum atomic E-state index is -0.868. The van der Waals surface area contributed by atoms with E-state index in [0.29, 0.717) is 16.5 Å². The van der Waals surface area contributed by atoms with Crippen molar-refractivity contribution in [1.82, 2.24) is 9.88 Å². The first-order valence-electron chi connectivity index (χ1n) is 12.9. The van der Waals surface area contributed by atoms with Crippen LogP contribution in [0.15, 0.2) is 40.7 Å². The van der Waals surface area contributed by atoms with E-state index in [1.807, 2.05) is 25.1 Å². The van der Waals surface area contributed by atoms with Crippen molar-refractivity contribution >= 4 is 45.8 Å². The van der Waals surface area contributed by atoms with Gasteiger partial charge in [-0.25, -0.2) is 9.78 Å². The Kier molecular flexibility index (Phi) is 7.60. The minimum Gasteiger partial charge on any atom is -0.477 e. The summed E-state index contributed by atoms with van der Waals surface area (Å²) in [6.07, 6.45) is 5.93. The number of anilines is 1. The van der Waals surface area contributed by atoms with E-state index < -0.39 is 5.97 Å². The highest BCUT2D eigenvalue weighted by Gasteiger charge is 2.30. The molecule has 3 aromatic rings. The fourth-order valence-corrected chi connectivity index (χ4v) is 7.17. The molecule has 2 aliphatic rings. The van der Waals surface area contributed by atoms with Gasteiger partial charge in [-0.15, -0.1) is 22.7 Å². The van der Waals surface area contributed by atoms with Gasteiger partial charge in [-0.1, -0.05) is 31.4 Å². The lowest BCUT2D eigenvalue weighted by atomic mass is 9.75. The van der Waals surface area contributed by atoms with Crippen molar-refractivity contribution < 1.29 is 14.7 Å². The molecule has 1 fully saturated rings. The van der Waals surface area contributed by atoms with Gasteiger partial charge in [-0.2, -0.15) is 0 Å². The lowest BCUT2D eigenvalue weighted by Crippen LogP contribution is -2.30. The molecule has 1 aromatic carbocycles. The number of hydrogen-bond donors (Lipinski definition) is 2. The minimum absolute atomic E-state index is 0.235. The molecule has 2 aromatic heterocycles. The van der Waals surface area contributed by atoms with Crippen molar-refractivity contribution in [3.05, 3.63) is 62.4 Å². The van der Waals surface area contributed by atoms with Crippen molar-refractivity contribution in [2.24, 2.45) is 11.8 Å². The van der Waals surface area contributed by atoms with Gasteiger partial charge in [0.05, 0.1) is 5.51 Å². The fraction of sp³-hybridized carbons (Fsp3) is 0.414. The van der Waals surface area contributed by atoms with Gasteiger partial charge in [0.25, 0.3) is 5.91 Å². The van der Waals surface area contributed by atoms with Crippen molar-refractivity contribution in [3.8, 4) is 10.4 Å². The summed E-state index contributed by atoms with van der Waals surface area (Å²) in [5.41, 5.74) is 8.22. The number of nitrogens with zero attached hydrogens (tertiary/aromatic N) is 2. The summed E-state index contributed by atoms with van der Waals surface area (Å²) in [5.74, 6) is 0.244. The van der Waals surface area contributed by atoms with Crippen molar-refractivity contribution in [3.63, 3.8) is 0 Å². The number of carbonyl (C=O) groups excluding carboxylic acids is 1. The van der Waals surface area contributed by atoms with Gasteiger partial charge < -0.3 is 15.3 Å². The zero-order valence-corrected chi connectivity index (χ0v) is 23.2. The van der Waals surface area contributed by atoms with Crippen LogP contribution in [0.5, 0.6) is 0 Å². The average Bonchev–Trinajstić information content (AvgIpc) is 3.57. The molecule has 0 atom stereocenters. The maximum Gasteiger partial charge on any atom is 0.346 e. The van der Waals surface area contributed by atoms with Crippen LogP contribution in [0.25, 0.3) is 16.0 Å². The third-order valence-corrected chi connectivity index (χ3v) is 9.52. The first-order chi connectivity index (χ1) is 17.8. The molecule has 0 spiro atoms.